The molecule has 0 aliphatic heterocycles. The van der Waals surface area contributed by atoms with Gasteiger partial charge >= 0.3 is 0 Å². The molecular formula is C15H15ClN6. The van der Waals surface area contributed by atoms with E-state index in [1.54, 1.807) is 10.9 Å². The van der Waals surface area contributed by atoms with Gasteiger partial charge in [-0.3, -0.25) is 4.68 Å². The molecule has 0 radical (unpaired) electrons. The first-order valence-corrected chi connectivity index (χ1v) is 7.05. The van der Waals surface area contributed by atoms with Gasteiger partial charge in [0.2, 0.25) is 5.95 Å². The second-order valence-corrected chi connectivity index (χ2v) is 5.45. The summed E-state index contributed by atoms with van der Waals surface area (Å²) in [5.41, 5.74) is 9.25. The summed E-state index contributed by atoms with van der Waals surface area (Å²) in [5.74, 6) is 0.862. The van der Waals surface area contributed by atoms with Gasteiger partial charge in [0.15, 0.2) is 0 Å². The molecule has 7 heteroatoms. The Morgan fingerprint density at radius 1 is 1.14 bits per heavy atom. The highest BCUT2D eigenvalue weighted by Gasteiger charge is 2.06. The van der Waals surface area contributed by atoms with Gasteiger partial charge in [0.25, 0.3) is 0 Å². The van der Waals surface area contributed by atoms with E-state index in [1.807, 2.05) is 44.4 Å². The molecule has 112 valence electrons. The second kappa shape index (κ2) is 5.65. The number of nitrogens with one attached hydrogen (secondary N) is 1. The molecule has 2 aromatic heterocycles. The van der Waals surface area contributed by atoms with Gasteiger partial charge in [0.1, 0.15) is 5.82 Å². The van der Waals surface area contributed by atoms with Crippen LogP contribution in [-0.4, -0.2) is 19.7 Å². The number of hydrogen-bond donors (Lipinski definition) is 2. The van der Waals surface area contributed by atoms with Crippen LogP contribution in [0.5, 0.6) is 0 Å². The molecule has 0 spiro atoms. The molecule has 0 aliphatic carbocycles. The quantitative estimate of drug-likeness (QED) is 0.776. The molecule has 0 atom stereocenters. The predicted octanol–water partition coefficient (Wildman–Crippen LogP) is 3.16. The Labute approximate surface area is 133 Å². The molecule has 0 aliphatic rings. The minimum absolute atomic E-state index is 0.233. The van der Waals surface area contributed by atoms with Crippen molar-refractivity contribution in [3.05, 3.63) is 47.4 Å². The number of rotatable bonds is 3. The summed E-state index contributed by atoms with van der Waals surface area (Å²) >= 11 is 6.21. The highest BCUT2D eigenvalue weighted by atomic mass is 35.5. The normalized spacial score (nSPS) is 10.7. The smallest absolute Gasteiger partial charge is 0.222 e. The molecule has 3 rings (SSSR count). The number of nitrogens with two attached hydrogens (primary N) is 1. The Bertz CT molecular complexity index is 806. The first kappa shape index (κ1) is 14.3. The highest BCUT2D eigenvalue weighted by molar-refractivity contribution is 6.31. The van der Waals surface area contributed by atoms with E-state index in [0.717, 1.165) is 22.5 Å². The average Bonchev–Trinajstić information content (AvgIpc) is 2.83. The summed E-state index contributed by atoms with van der Waals surface area (Å²) in [5, 5.41) is 8.00. The van der Waals surface area contributed by atoms with Crippen molar-refractivity contribution in [1.29, 1.82) is 0 Å². The number of benzene rings is 1. The molecule has 0 fully saturated rings. The van der Waals surface area contributed by atoms with Crippen LogP contribution in [0.15, 0.2) is 36.7 Å². The van der Waals surface area contributed by atoms with Crippen molar-refractivity contribution in [1.82, 2.24) is 19.7 Å². The van der Waals surface area contributed by atoms with E-state index in [1.165, 1.54) is 0 Å². The lowest BCUT2D eigenvalue weighted by Gasteiger charge is -2.09. The predicted molar refractivity (Wildman–Crippen MR) is 88.1 cm³/mol. The number of anilines is 3. The van der Waals surface area contributed by atoms with Crippen molar-refractivity contribution in [2.45, 2.75) is 6.92 Å². The fourth-order valence-electron chi connectivity index (χ4n) is 2.20. The zero-order valence-corrected chi connectivity index (χ0v) is 13.0. The number of nitrogen functional groups attached to an aromatic ring is 1. The SMILES string of the molecule is Cc1cc(Nc2cc(Cl)cc(-c3cnn(C)c3)c2)nc(N)n1. The summed E-state index contributed by atoms with van der Waals surface area (Å²) < 4.78 is 1.75. The van der Waals surface area contributed by atoms with E-state index in [4.69, 9.17) is 17.3 Å². The highest BCUT2D eigenvalue weighted by Crippen LogP contribution is 2.28. The van der Waals surface area contributed by atoms with E-state index < -0.39 is 0 Å². The maximum atomic E-state index is 6.21. The molecule has 22 heavy (non-hydrogen) atoms. The monoisotopic (exact) mass is 314 g/mol. The van der Waals surface area contributed by atoms with Crippen LogP contribution >= 0.6 is 11.6 Å². The molecule has 0 unspecified atom stereocenters. The number of nitrogens with zero attached hydrogens (tertiary/aromatic N) is 4. The van der Waals surface area contributed by atoms with Crippen molar-refractivity contribution in [3.8, 4) is 11.1 Å². The van der Waals surface area contributed by atoms with Gasteiger partial charge in [0, 0.05) is 41.3 Å². The van der Waals surface area contributed by atoms with Crippen LogP contribution in [0.2, 0.25) is 5.02 Å². The van der Waals surface area contributed by atoms with Crippen LogP contribution in [0.3, 0.4) is 0 Å². The largest absolute Gasteiger partial charge is 0.368 e. The lowest BCUT2D eigenvalue weighted by molar-refractivity contribution is 0.768. The van der Waals surface area contributed by atoms with E-state index >= 15 is 0 Å². The Balaban J connectivity index is 1.95. The summed E-state index contributed by atoms with van der Waals surface area (Å²) in [6, 6.07) is 7.52. The van der Waals surface area contributed by atoms with Gasteiger partial charge in [-0.25, -0.2) is 4.98 Å². The van der Waals surface area contributed by atoms with E-state index in [9.17, 15) is 0 Å². The van der Waals surface area contributed by atoms with Crippen molar-refractivity contribution in [2.24, 2.45) is 7.05 Å². The van der Waals surface area contributed by atoms with Gasteiger partial charge in [-0.1, -0.05) is 11.6 Å². The van der Waals surface area contributed by atoms with Crippen molar-refractivity contribution in [3.63, 3.8) is 0 Å². The standard InChI is InChI=1S/C15H15ClN6/c1-9-3-14(21-15(17)19-9)20-13-5-10(4-12(16)6-13)11-7-18-22(2)8-11/h3-8H,1-2H3,(H3,17,19,20,21). The number of halogens is 1. The first-order chi connectivity index (χ1) is 10.5. The summed E-state index contributed by atoms with van der Waals surface area (Å²) in [7, 11) is 1.87. The zero-order chi connectivity index (χ0) is 15.7. The van der Waals surface area contributed by atoms with Gasteiger partial charge in [-0.15, -0.1) is 0 Å². The van der Waals surface area contributed by atoms with Crippen molar-refractivity contribution in [2.75, 3.05) is 11.1 Å². The van der Waals surface area contributed by atoms with E-state index in [0.29, 0.717) is 10.8 Å². The Morgan fingerprint density at radius 2 is 1.95 bits per heavy atom. The van der Waals surface area contributed by atoms with Crippen LogP contribution in [0.25, 0.3) is 11.1 Å². The molecule has 6 nitrogen and oxygen atoms in total. The molecule has 0 amide bonds. The number of aryl methyl sites for hydroxylation is 2. The molecule has 0 bridgehead atoms. The number of aromatic nitrogens is 4. The van der Waals surface area contributed by atoms with E-state index in [2.05, 4.69) is 20.4 Å². The van der Waals surface area contributed by atoms with Gasteiger partial charge < -0.3 is 11.1 Å². The third-order valence-electron chi connectivity index (χ3n) is 3.08. The lowest BCUT2D eigenvalue weighted by Crippen LogP contribution is -2.01. The van der Waals surface area contributed by atoms with Gasteiger partial charge in [0.05, 0.1) is 6.20 Å². The zero-order valence-electron chi connectivity index (χ0n) is 12.2. The third-order valence-corrected chi connectivity index (χ3v) is 3.30. The van der Waals surface area contributed by atoms with Crippen molar-refractivity contribution >= 4 is 29.1 Å². The topological polar surface area (TPSA) is 81.7 Å². The molecular weight excluding hydrogens is 300 g/mol. The average molecular weight is 315 g/mol. The lowest BCUT2D eigenvalue weighted by atomic mass is 10.1. The fraction of sp³-hybridized carbons (Fsp3) is 0.133. The summed E-state index contributed by atoms with van der Waals surface area (Å²) in [4.78, 5) is 8.21. The van der Waals surface area contributed by atoms with Crippen LogP contribution in [0, 0.1) is 6.92 Å². The molecule has 0 saturated heterocycles. The molecule has 3 aromatic rings. The van der Waals surface area contributed by atoms with Gasteiger partial charge in [-0.05, 0) is 30.7 Å². The second-order valence-electron chi connectivity index (χ2n) is 5.01. The summed E-state index contributed by atoms with van der Waals surface area (Å²) in [6.45, 7) is 1.86. The maximum absolute atomic E-state index is 6.21. The van der Waals surface area contributed by atoms with Crippen LogP contribution in [-0.2, 0) is 7.05 Å². The maximum Gasteiger partial charge on any atom is 0.222 e. The third kappa shape index (κ3) is 3.17. The Morgan fingerprint density at radius 3 is 2.64 bits per heavy atom. The van der Waals surface area contributed by atoms with Crippen LogP contribution in [0.1, 0.15) is 5.69 Å². The molecule has 0 saturated carbocycles. The number of hydrogen-bond acceptors (Lipinski definition) is 5. The first-order valence-electron chi connectivity index (χ1n) is 6.67. The Hall–Kier alpha value is -2.60. The Kier molecular flexibility index (Phi) is 3.68. The molecule has 3 N–H and O–H groups in total. The van der Waals surface area contributed by atoms with E-state index in [-0.39, 0.29) is 5.95 Å². The van der Waals surface area contributed by atoms with Crippen molar-refractivity contribution < 1.29 is 0 Å². The van der Waals surface area contributed by atoms with Gasteiger partial charge in [-0.2, -0.15) is 10.1 Å². The van der Waals surface area contributed by atoms with Crippen LogP contribution < -0.4 is 11.1 Å². The summed E-state index contributed by atoms with van der Waals surface area (Å²) in [6.07, 6.45) is 3.73. The molecule has 1 aromatic carbocycles. The minimum Gasteiger partial charge on any atom is -0.368 e. The fourth-order valence-corrected chi connectivity index (χ4v) is 2.44. The molecule has 2 heterocycles. The minimum atomic E-state index is 0.233. The van der Waals surface area contributed by atoms with Crippen LogP contribution in [0.4, 0.5) is 17.5 Å².